The van der Waals surface area contributed by atoms with Crippen molar-refractivity contribution >= 4 is 5.91 Å². The summed E-state index contributed by atoms with van der Waals surface area (Å²) < 4.78 is 0. The standard InChI is InChI=1S/C12H25NO2/c1-5-6-7-11(15)13-9-12(3,4)8-10(2)14/h10,14H,5-9H2,1-4H3,(H,13,15). The average Bonchev–Trinajstić information content (AvgIpc) is 2.09. The number of amides is 1. The Kier molecular flexibility index (Phi) is 6.57. The highest BCUT2D eigenvalue weighted by Crippen LogP contribution is 2.21. The Bertz CT molecular complexity index is 188. The van der Waals surface area contributed by atoms with Crippen molar-refractivity contribution in [1.82, 2.24) is 5.32 Å². The molecule has 1 amide bonds. The van der Waals surface area contributed by atoms with Crippen molar-refractivity contribution in [3.63, 3.8) is 0 Å². The number of hydrogen-bond donors (Lipinski definition) is 2. The summed E-state index contributed by atoms with van der Waals surface area (Å²) in [6.07, 6.45) is 3.00. The molecule has 0 aliphatic heterocycles. The average molecular weight is 215 g/mol. The van der Waals surface area contributed by atoms with Crippen molar-refractivity contribution in [2.75, 3.05) is 6.54 Å². The maximum atomic E-state index is 11.4. The van der Waals surface area contributed by atoms with Gasteiger partial charge in [0.1, 0.15) is 0 Å². The van der Waals surface area contributed by atoms with Crippen LogP contribution in [0.3, 0.4) is 0 Å². The lowest BCUT2D eigenvalue weighted by Crippen LogP contribution is -2.35. The summed E-state index contributed by atoms with van der Waals surface area (Å²) in [7, 11) is 0. The molecular formula is C12H25NO2. The molecule has 3 nitrogen and oxygen atoms in total. The van der Waals surface area contributed by atoms with Gasteiger partial charge in [-0.2, -0.15) is 0 Å². The normalized spacial score (nSPS) is 13.7. The van der Waals surface area contributed by atoms with Crippen LogP contribution >= 0.6 is 0 Å². The summed E-state index contributed by atoms with van der Waals surface area (Å²) in [6.45, 7) is 8.60. The van der Waals surface area contributed by atoms with E-state index < -0.39 is 0 Å². The highest BCUT2D eigenvalue weighted by Gasteiger charge is 2.20. The largest absolute Gasteiger partial charge is 0.393 e. The topological polar surface area (TPSA) is 49.3 Å². The van der Waals surface area contributed by atoms with E-state index in [4.69, 9.17) is 0 Å². The number of aliphatic hydroxyl groups excluding tert-OH is 1. The molecule has 0 aromatic heterocycles. The van der Waals surface area contributed by atoms with Crippen LogP contribution in [0.1, 0.15) is 53.4 Å². The Balaban J connectivity index is 3.77. The van der Waals surface area contributed by atoms with Gasteiger partial charge in [-0.1, -0.05) is 27.2 Å². The molecule has 0 saturated carbocycles. The van der Waals surface area contributed by atoms with Gasteiger partial charge in [0.15, 0.2) is 0 Å². The SMILES string of the molecule is CCCCC(=O)NCC(C)(C)CC(C)O. The Hall–Kier alpha value is -0.570. The summed E-state index contributed by atoms with van der Waals surface area (Å²) in [5.41, 5.74) is -0.0317. The third kappa shape index (κ3) is 8.43. The number of aliphatic hydroxyl groups is 1. The molecule has 0 aromatic carbocycles. The first-order valence-electron chi connectivity index (χ1n) is 5.82. The first-order valence-corrected chi connectivity index (χ1v) is 5.82. The van der Waals surface area contributed by atoms with E-state index in [-0.39, 0.29) is 17.4 Å². The molecule has 0 aliphatic rings. The first kappa shape index (κ1) is 14.4. The molecule has 0 rings (SSSR count). The third-order valence-electron chi connectivity index (χ3n) is 2.37. The van der Waals surface area contributed by atoms with Crippen LogP contribution in [0, 0.1) is 5.41 Å². The van der Waals surface area contributed by atoms with Gasteiger partial charge in [0.2, 0.25) is 5.91 Å². The summed E-state index contributed by atoms with van der Waals surface area (Å²) in [5.74, 6) is 0.121. The van der Waals surface area contributed by atoms with E-state index in [9.17, 15) is 9.90 Å². The van der Waals surface area contributed by atoms with Crippen molar-refractivity contribution in [1.29, 1.82) is 0 Å². The second kappa shape index (κ2) is 6.83. The molecule has 0 saturated heterocycles. The predicted octanol–water partition coefficient (Wildman–Crippen LogP) is 2.09. The maximum Gasteiger partial charge on any atom is 0.220 e. The molecule has 2 N–H and O–H groups in total. The lowest BCUT2D eigenvalue weighted by atomic mass is 9.87. The molecule has 0 aliphatic carbocycles. The molecule has 0 bridgehead atoms. The van der Waals surface area contributed by atoms with Gasteiger partial charge in [0.25, 0.3) is 0 Å². The molecule has 1 unspecified atom stereocenters. The fraction of sp³-hybridized carbons (Fsp3) is 0.917. The zero-order valence-electron chi connectivity index (χ0n) is 10.5. The minimum absolute atomic E-state index is 0.0317. The smallest absolute Gasteiger partial charge is 0.220 e. The van der Waals surface area contributed by atoms with Gasteiger partial charge in [-0.3, -0.25) is 4.79 Å². The van der Waals surface area contributed by atoms with Crippen LogP contribution < -0.4 is 5.32 Å². The molecule has 1 atom stereocenters. The number of nitrogens with one attached hydrogen (secondary N) is 1. The zero-order chi connectivity index (χ0) is 11.9. The summed E-state index contributed by atoms with van der Waals surface area (Å²) >= 11 is 0. The van der Waals surface area contributed by atoms with Crippen LogP contribution in [0.2, 0.25) is 0 Å². The van der Waals surface area contributed by atoms with Gasteiger partial charge in [0, 0.05) is 13.0 Å². The molecule has 15 heavy (non-hydrogen) atoms. The second-order valence-corrected chi connectivity index (χ2v) is 5.10. The van der Waals surface area contributed by atoms with E-state index >= 15 is 0 Å². The third-order valence-corrected chi connectivity index (χ3v) is 2.37. The van der Waals surface area contributed by atoms with Gasteiger partial charge in [0.05, 0.1) is 6.10 Å². The van der Waals surface area contributed by atoms with Gasteiger partial charge in [-0.05, 0) is 25.2 Å². The van der Waals surface area contributed by atoms with E-state index in [1.54, 1.807) is 6.92 Å². The highest BCUT2D eigenvalue weighted by molar-refractivity contribution is 5.75. The van der Waals surface area contributed by atoms with E-state index in [1.807, 2.05) is 0 Å². The van der Waals surface area contributed by atoms with Crippen molar-refractivity contribution in [2.24, 2.45) is 5.41 Å². The summed E-state index contributed by atoms with van der Waals surface area (Å²) in [6, 6.07) is 0. The number of hydrogen-bond acceptors (Lipinski definition) is 2. The van der Waals surface area contributed by atoms with Crippen LogP contribution in [0.4, 0.5) is 0 Å². The fourth-order valence-corrected chi connectivity index (χ4v) is 1.64. The maximum absolute atomic E-state index is 11.4. The first-order chi connectivity index (χ1) is 6.87. The Morgan fingerprint density at radius 2 is 2.07 bits per heavy atom. The van der Waals surface area contributed by atoms with Crippen molar-refractivity contribution < 1.29 is 9.90 Å². The molecular weight excluding hydrogens is 190 g/mol. The van der Waals surface area contributed by atoms with E-state index in [1.165, 1.54) is 0 Å². The van der Waals surface area contributed by atoms with E-state index in [2.05, 4.69) is 26.1 Å². The molecule has 0 fully saturated rings. The van der Waals surface area contributed by atoms with Crippen LogP contribution in [0.15, 0.2) is 0 Å². The Morgan fingerprint density at radius 3 is 2.53 bits per heavy atom. The van der Waals surface area contributed by atoms with Gasteiger partial charge < -0.3 is 10.4 Å². The van der Waals surface area contributed by atoms with Crippen molar-refractivity contribution in [3.05, 3.63) is 0 Å². The number of rotatable bonds is 7. The number of carbonyl (C=O) groups is 1. The minimum atomic E-state index is -0.312. The summed E-state index contributed by atoms with van der Waals surface area (Å²) in [5, 5.41) is 12.2. The van der Waals surface area contributed by atoms with E-state index in [0.29, 0.717) is 19.4 Å². The lowest BCUT2D eigenvalue weighted by Gasteiger charge is -2.26. The van der Waals surface area contributed by atoms with Gasteiger partial charge in [-0.15, -0.1) is 0 Å². The molecule has 0 aromatic rings. The van der Waals surface area contributed by atoms with Crippen LogP contribution in [-0.4, -0.2) is 23.7 Å². The van der Waals surface area contributed by atoms with Crippen molar-refractivity contribution in [2.45, 2.75) is 59.5 Å². The van der Waals surface area contributed by atoms with Crippen LogP contribution in [-0.2, 0) is 4.79 Å². The second-order valence-electron chi connectivity index (χ2n) is 5.10. The van der Waals surface area contributed by atoms with Crippen LogP contribution in [0.25, 0.3) is 0 Å². The number of carbonyl (C=O) groups excluding carboxylic acids is 1. The predicted molar refractivity (Wildman–Crippen MR) is 62.6 cm³/mol. The Labute approximate surface area is 93.3 Å². The van der Waals surface area contributed by atoms with Crippen molar-refractivity contribution in [3.8, 4) is 0 Å². The zero-order valence-corrected chi connectivity index (χ0v) is 10.5. The number of unbranched alkanes of at least 4 members (excludes halogenated alkanes) is 1. The molecule has 3 heteroatoms. The molecule has 0 heterocycles. The quantitative estimate of drug-likeness (QED) is 0.683. The van der Waals surface area contributed by atoms with E-state index in [0.717, 1.165) is 12.8 Å². The fourth-order valence-electron chi connectivity index (χ4n) is 1.64. The highest BCUT2D eigenvalue weighted by atomic mass is 16.3. The monoisotopic (exact) mass is 215 g/mol. The molecule has 0 radical (unpaired) electrons. The molecule has 90 valence electrons. The lowest BCUT2D eigenvalue weighted by molar-refractivity contribution is -0.121. The van der Waals surface area contributed by atoms with Crippen LogP contribution in [0.5, 0.6) is 0 Å². The van der Waals surface area contributed by atoms with Gasteiger partial charge >= 0.3 is 0 Å². The summed E-state index contributed by atoms with van der Waals surface area (Å²) in [4.78, 5) is 11.4. The minimum Gasteiger partial charge on any atom is -0.393 e. The Morgan fingerprint density at radius 1 is 1.47 bits per heavy atom. The molecule has 0 spiro atoms. The van der Waals surface area contributed by atoms with Gasteiger partial charge in [-0.25, -0.2) is 0 Å².